The SMILES string of the molecule is C=CC(C=C)C1CCCCC1C.CC.CC. The van der Waals surface area contributed by atoms with Gasteiger partial charge in [0.2, 0.25) is 0 Å². The second-order valence-corrected chi connectivity index (χ2v) is 3.97. The van der Waals surface area contributed by atoms with Crippen molar-refractivity contribution in [3.8, 4) is 0 Å². The van der Waals surface area contributed by atoms with E-state index in [-0.39, 0.29) is 0 Å². The molecule has 0 heterocycles. The third-order valence-electron chi connectivity index (χ3n) is 3.22. The fourth-order valence-corrected chi connectivity index (χ4v) is 2.36. The largest absolute Gasteiger partial charge is 0.102 e. The van der Waals surface area contributed by atoms with Crippen LogP contribution in [0.5, 0.6) is 0 Å². The van der Waals surface area contributed by atoms with Crippen molar-refractivity contribution < 1.29 is 0 Å². The highest BCUT2D eigenvalue weighted by atomic mass is 14.3. The molecule has 0 aliphatic heterocycles. The van der Waals surface area contributed by atoms with Crippen molar-refractivity contribution in [2.24, 2.45) is 17.8 Å². The van der Waals surface area contributed by atoms with Crippen LogP contribution in [0, 0.1) is 17.8 Å². The Morgan fingerprint density at radius 1 is 0.938 bits per heavy atom. The topological polar surface area (TPSA) is 0 Å². The quantitative estimate of drug-likeness (QED) is 0.527. The molecule has 1 aliphatic rings. The van der Waals surface area contributed by atoms with Gasteiger partial charge in [-0.25, -0.2) is 0 Å². The van der Waals surface area contributed by atoms with Gasteiger partial charge in [0.1, 0.15) is 0 Å². The number of rotatable bonds is 3. The van der Waals surface area contributed by atoms with Crippen molar-refractivity contribution in [3.05, 3.63) is 25.3 Å². The zero-order valence-corrected chi connectivity index (χ0v) is 12.1. The van der Waals surface area contributed by atoms with Crippen molar-refractivity contribution in [2.45, 2.75) is 60.3 Å². The highest BCUT2D eigenvalue weighted by Gasteiger charge is 2.25. The predicted molar refractivity (Wildman–Crippen MR) is 77.7 cm³/mol. The molecule has 1 rings (SSSR count). The van der Waals surface area contributed by atoms with Gasteiger partial charge in [-0.3, -0.25) is 0 Å². The Bertz CT molecular complexity index is 149. The van der Waals surface area contributed by atoms with Crippen LogP contribution >= 0.6 is 0 Å². The number of hydrogen-bond donors (Lipinski definition) is 0. The smallest absolute Gasteiger partial charge is 0.00280 e. The molecule has 0 aromatic rings. The molecule has 1 saturated carbocycles. The lowest BCUT2D eigenvalue weighted by atomic mass is 9.73. The molecule has 0 aromatic heterocycles. The maximum Gasteiger partial charge on any atom is -0.00280 e. The monoisotopic (exact) mass is 224 g/mol. The minimum absolute atomic E-state index is 0.542. The fraction of sp³-hybridized carbons (Fsp3) is 0.750. The van der Waals surface area contributed by atoms with Crippen LogP contribution < -0.4 is 0 Å². The minimum atomic E-state index is 0.542. The van der Waals surface area contributed by atoms with Crippen LogP contribution in [0.2, 0.25) is 0 Å². The summed E-state index contributed by atoms with van der Waals surface area (Å²) >= 11 is 0. The molecule has 16 heavy (non-hydrogen) atoms. The maximum absolute atomic E-state index is 3.87. The van der Waals surface area contributed by atoms with Gasteiger partial charge >= 0.3 is 0 Å². The van der Waals surface area contributed by atoms with Crippen molar-refractivity contribution in [2.75, 3.05) is 0 Å². The Morgan fingerprint density at radius 2 is 1.38 bits per heavy atom. The lowest BCUT2D eigenvalue weighted by Gasteiger charge is -2.32. The Balaban J connectivity index is 0. The van der Waals surface area contributed by atoms with Crippen molar-refractivity contribution in [3.63, 3.8) is 0 Å². The van der Waals surface area contributed by atoms with E-state index >= 15 is 0 Å². The van der Waals surface area contributed by atoms with Crippen molar-refractivity contribution in [1.29, 1.82) is 0 Å². The van der Waals surface area contributed by atoms with Crippen LogP contribution in [-0.4, -0.2) is 0 Å². The predicted octanol–water partition coefficient (Wildman–Crippen LogP) is 5.85. The summed E-state index contributed by atoms with van der Waals surface area (Å²) in [5.41, 5.74) is 0. The van der Waals surface area contributed by atoms with Gasteiger partial charge in [0.25, 0.3) is 0 Å². The van der Waals surface area contributed by atoms with E-state index < -0.39 is 0 Å². The summed E-state index contributed by atoms with van der Waals surface area (Å²) in [6.45, 7) is 18.1. The zero-order valence-electron chi connectivity index (χ0n) is 12.1. The van der Waals surface area contributed by atoms with E-state index in [1.165, 1.54) is 25.7 Å². The Kier molecular flexibility index (Phi) is 14.0. The highest BCUT2D eigenvalue weighted by Crippen LogP contribution is 2.35. The summed E-state index contributed by atoms with van der Waals surface area (Å²) in [4.78, 5) is 0. The molecule has 96 valence electrons. The van der Waals surface area contributed by atoms with Gasteiger partial charge in [-0.1, -0.05) is 66.0 Å². The molecule has 0 aromatic carbocycles. The molecule has 0 amide bonds. The first-order valence-electron chi connectivity index (χ1n) is 7.04. The summed E-state index contributed by atoms with van der Waals surface area (Å²) in [5.74, 6) is 2.22. The fourth-order valence-electron chi connectivity index (χ4n) is 2.36. The van der Waals surface area contributed by atoms with Crippen LogP contribution in [0.25, 0.3) is 0 Å². The third kappa shape index (κ3) is 6.15. The highest BCUT2D eigenvalue weighted by molar-refractivity contribution is 4.98. The van der Waals surface area contributed by atoms with Crippen molar-refractivity contribution in [1.82, 2.24) is 0 Å². The summed E-state index contributed by atoms with van der Waals surface area (Å²) in [5, 5.41) is 0. The summed E-state index contributed by atoms with van der Waals surface area (Å²) < 4.78 is 0. The van der Waals surface area contributed by atoms with E-state index in [4.69, 9.17) is 0 Å². The van der Waals surface area contributed by atoms with Gasteiger partial charge in [0, 0.05) is 0 Å². The van der Waals surface area contributed by atoms with Crippen LogP contribution in [0.4, 0.5) is 0 Å². The molecule has 0 radical (unpaired) electrons. The number of hydrogen-bond acceptors (Lipinski definition) is 0. The van der Waals surface area contributed by atoms with Gasteiger partial charge < -0.3 is 0 Å². The van der Waals surface area contributed by atoms with E-state index in [0.717, 1.165) is 11.8 Å². The maximum atomic E-state index is 3.87. The molecule has 0 nitrogen and oxygen atoms in total. The van der Waals surface area contributed by atoms with Crippen LogP contribution in [0.1, 0.15) is 60.3 Å². The Labute approximate surface area is 104 Å². The lowest BCUT2D eigenvalue weighted by Crippen LogP contribution is -2.22. The van der Waals surface area contributed by atoms with E-state index in [1.807, 2.05) is 27.7 Å². The van der Waals surface area contributed by atoms with Crippen LogP contribution in [0.15, 0.2) is 25.3 Å². The molecule has 2 atom stereocenters. The van der Waals surface area contributed by atoms with Crippen LogP contribution in [0.3, 0.4) is 0 Å². The van der Waals surface area contributed by atoms with Gasteiger partial charge in [-0.15, -0.1) is 13.2 Å². The first kappa shape index (κ1) is 17.9. The minimum Gasteiger partial charge on any atom is -0.102 e. The lowest BCUT2D eigenvalue weighted by molar-refractivity contribution is 0.225. The third-order valence-corrected chi connectivity index (χ3v) is 3.22. The Morgan fingerprint density at radius 3 is 1.75 bits per heavy atom. The van der Waals surface area contributed by atoms with E-state index in [2.05, 4.69) is 32.2 Å². The van der Waals surface area contributed by atoms with Crippen molar-refractivity contribution >= 4 is 0 Å². The molecule has 0 spiro atoms. The Hall–Kier alpha value is -0.520. The molecule has 2 unspecified atom stereocenters. The van der Waals surface area contributed by atoms with E-state index in [0.29, 0.717) is 5.92 Å². The normalized spacial score (nSPS) is 23.4. The zero-order chi connectivity index (χ0) is 13.0. The second kappa shape index (κ2) is 12.5. The molecule has 1 fully saturated rings. The molecule has 1 aliphatic carbocycles. The molecule has 0 saturated heterocycles. The average molecular weight is 224 g/mol. The molecule has 0 heteroatoms. The van der Waals surface area contributed by atoms with Gasteiger partial charge in [0.15, 0.2) is 0 Å². The first-order valence-corrected chi connectivity index (χ1v) is 7.04. The summed E-state index contributed by atoms with van der Waals surface area (Å²) in [7, 11) is 0. The first-order chi connectivity index (χ1) is 7.79. The van der Waals surface area contributed by atoms with Gasteiger partial charge in [-0.2, -0.15) is 0 Å². The molecular weight excluding hydrogens is 192 g/mol. The molecule has 0 bridgehead atoms. The van der Waals surface area contributed by atoms with Gasteiger partial charge in [0.05, 0.1) is 0 Å². The van der Waals surface area contributed by atoms with E-state index in [1.54, 1.807) is 0 Å². The summed E-state index contributed by atoms with van der Waals surface area (Å²) in [6.07, 6.45) is 9.68. The summed E-state index contributed by atoms with van der Waals surface area (Å²) in [6, 6.07) is 0. The average Bonchev–Trinajstić information content (AvgIpc) is 2.38. The molecular formula is C16H32. The van der Waals surface area contributed by atoms with Crippen LogP contribution in [-0.2, 0) is 0 Å². The van der Waals surface area contributed by atoms with E-state index in [9.17, 15) is 0 Å². The number of allylic oxidation sites excluding steroid dienone is 2. The standard InChI is InChI=1S/C12H20.2C2H6/c1-4-11(5-2)12-9-7-6-8-10(12)3;2*1-2/h4-5,10-12H,1-2,6-9H2,3H3;2*1-2H3. The van der Waals surface area contributed by atoms with Gasteiger partial charge in [-0.05, 0) is 24.2 Å². The molecule has 0 N–H and O–H groups in total. The second-order valence-electron chi connectivity index (χ2n) is 3.97.